The molecule has 0 unspecified atom stereocenters. The predicted molar refractivity (Wildman–Crippen MR) is 53.7 cm³/mol. The molecular weight excluding hydrogens is 186 g/mol. The number of sulfonamides is 1. The summed E-state index contributed by atoms with van der Waals surface area (Å²) in [6, 6.07) is 0. The van der Waals surface area contributed by atoms with Crippen LogP contribution in [0.5, 0.6) is 0 Å². The molecule has 0 aliphatic carbocycles. The molecule has 0 aromatic carbocycles. The van der Waals surface area contributed by atoms with Crippen LogP contribution < -0.4 is 0 Å². The summed E-state index contributed by atoms with van der Waals surface area (Å²) in [5.74, 6) is 0.852. The van der Waals surface area contributed by atoms with Crippen molar-refractivity contribution in [2.24, 2.45) is 5.92 Å². The number of hydrogen-bond donors (Lipinski definition) is 0. The summed E-state index contributed by atoms with van der Waals surface area (Å²) in [5, 5.41) is 0. The van der Waals surface area contributed by atoms with E-state index in [4.69, 9.17) is 0 Å². The van der Waals surface area contributed by atoms with Crippen molar-refractivity contribution in [1.29, 1.82) is 0 Å². The first kappa shape index (κ1) is 11.0. The normalized spacial score (nSPS) is 22.0. The van der Waals surface area contributed by atoms with Crippen LogP contribution in [-0.4, -0.2) is 31.6 Å². The number of rotatable bonds is 3. The van der Waals surface area contributed by atoms with Gasteiger partial charge in [-0.15, -0.1) is 0 Å². The van der Waals surface area contributed by atoms with Gasteiger partial charge >= 0.3 is 0 Å². The Bertz CT molecular complexity index is 240. The van der Waals surface area contributed by atoms with Crippen LogP contribution in [0.4, 0.5) is 0 Å². The van der Waals surface area contributed by atoms with E-state index in [1.807, 2.05) is 0 Å². The van der Waals surface area contributed by atoms with E-state index < -0.39 is 10.0 Å². The molecule has 0 bridgehead atoms. The van der Waals surface area contributed by atoms with Gasteiger partial charge in [-0.1, -0.05) is 13.3 Å². The molecule has 0 atom stereocenters. The minimum atomic E-state index is -2.94. The largest absolute Gasteiger partial charge is 0.213 e. The third kappa shape index (κ3) is 2.68. The van der Waals surface area contributed by atoms with Crippen molar-refractivity contribution in [3.8, 4) is 0 Å². The first-order valence-corrected chi connectivity index (χ1v) is 6.48. The second kappa shape index (κ2) is 4.42. The Labute approximate surface area is 81.2 Å². The van der Waals surface area contributed by atoms with E-state index in [1.165, 1.54) is 0 Å². The van der Waals surface area contributed by atoms with Gasteiger partial charge < -0.3 is 0 Å². The van der Waals surface area contributed by atoms with E-state index in [0.717, 1.165) is 19.3 Å². The fourth-order valence-corrected chi connectivity index (χ4v) is 2.79. The van der Waals surface area contributed by atoms with Crippen molar-refractivity contribution in [2.45, 2.75) is 26.2 Å². The van der Waals surface area contributed by atoms with Crippen LogP contribution in [0, 0.1) is 12.8 Å². The average molecular weight is 204 g/mol. The molecule has 1 aliphatic rings. The lowest BCUT2D eigenvalue weighted by Crippen LogP contribution is -2.39. The number of hydrogen-bond acceptors (Lipinski definition) is 2. The Morgan fingerprint density at radius 3 is 2.31 bits per heavy atom. The van der Waals surface area contributed by atoms with Crippen LogP contribution >= 0.6 is 0 Å². The molecular formula is C9H18NO2S. The zero-order chi connectivity index (χ0) is 9.90. The highest BCUT2D eigenvalue weighted by molar-refractivity contribution is 7.89. The van der Waals surface area contributed by atoms with E-state index in [-0.39, 0.29) is 5.75 Å². The highest BCUT2D eigenvalue weighted by Crippen LogP contribution is 2.21. The predicted octanol–water partition coefficient (Wildman–Crippen LogP) is 1.27. The Morgan fingerprint density at radius 1 is 1.38 bits per heavy atom. The Hall–Kier alpha value is -0.0900. The quantitative estimate of drug-likeness (QED) is 0.694. The molecule has 1 saturated heterocycles. The van der Waals surface area contributed by atoms with Crippen molar-refractivity contribution in [1.82, 2.24) is 4.31 Å². The molecule has 77 valence electrons. The summed E-state index contributed by atoms with van der Waals surface area (Å²) in [4.78, 5) is 0. The summed E-state index contributed by atoms with van der Waals surface area (Å²) < 4.78 is 24.5. The van der Waals surface area contributed by atoms with Crippen molar-refractivity contribution in [3.63, 3.8) is 0 Å². The third-order valence-electron chi connectivity index (χ3n) is 2.74. The third-order valence-corrected chi connectivity index (χ3v) is 4.62. The highest BCUT2D eigenvalue weighted by atomic mass is 32.2. The second-order valence-corrected chi connectivity index (χ2v) is 5.79. The monoisotopic (exact) mass is 204 g/mol. The van der Waals surface area contributed by atoms with Crippen LogP contribution in [0.3, 0.4) is 0 Å². The minimum Gasteiger partial charge on any atom is -0.212 e. The summed E-state index contributed by atoms with van der Waals surface area (Å²) in [5.41, 5.74) is 0. The molecule has 0 aromatic rings. The minimum absolute atomic E-state index is 0.224. The maximum absolute atomic E-state index is 11.5. The van der Waals surface area contributed by atoms with Gasteiger partial charge in [-0.05, 0) is 25.7 Å². The molecule has 3 nitrogen and oxygen atoms in total. The van der Waals surface area contributed by atoms with E-state index >= 15 is 0 Å². The molecule has 0 amide bonds. The van der Waals surface area contributed by atoms with Crippen LogP contribution in [0.15, 0.2) is 0 Å². The van der Waals surface area contributed by atoms with Crippen molar-refractivity contribution in [3.05, 3.63) is 6.92 Å². The SMILES string of the molecule is [CH2]CC1CCN(S(=O)(=O)CC)CC1. The topological polar surface area (TPSA) is 37.4 Å². The van der Waals surface area contributed by atoms with Crippen molar-refractivity contribution < 1.29 is 8.42 Å². The van der Waals surface area contributed by atoms with Gasteiger partial charge in [0.05, 0.1) is 5.75 Å². The van der Waals surface area contributed by atoms with Crippen molar-refractivity contribution >= 4 is 10.0 Å². The maximum Gasteiger partial charge on any atom is 0.213 e. The van der Waals surface area contributed by atoms with Gasteiger partial charge in [-0.25, -0.2) is 12.7 Å². The van der Waals surface area contributed by atoms with E-state index in [9.17, 15) is 8.42 Å². The van der Waals surface area contributed by atoms with Gasteiger partial charge in [0, 0.05) is 13.1 Å². The molecule has 1 fully saturated rings. The van der Waals surface area contributed by atoms with Gasteiger partial charge in [0.15, 0.2) is 0 Å². The number of nitrogens with zero attached hydrogens (tertiary/aromatic N) is 1. The van der Waals surface area contributed by atoms with Crippen molar-refractivity contribution in [2.75, 3.05) is 18.8 Å². The summed E-state index contributed by atoms with van der Waals surface area (Å²) in [7, 11) is -2.94. The zero-order valence-corrected chi connectivity index (χ0v) is 9.02. The molecule has 0 saturated carbocycles. The molecule has 1 aliphatic heterocycles. The molecule has 1 heterocycles. The van der Waals surface area contributed by atoms with E-state index in [2.05, 4.69) is 6.92 Å². The van der Waals surface area contributed by atoms with Gasteiger partial charge in [0.1, 0.15) is 0 Å². The Morgan fingerprint density at radius 2 is 1.92 bits per heavy atom. The smallest absolute Gasteiger partial charge is 0.212 e. The lowest BCUT2D eigenvalue weighted by Gasteiger charge is -2.30. The van der Waals surface area contributed by atoms with E-state index in [1.54, 1.807) is 11.2 Å². The van der Waals surface area contributed by atoms with Gasteiger partial charge in [-0.3, -0.25) is 0 Å². The van der Waals surface area contributed by atoms with Crippen LogP contribution in [0.2, 0.25) is 0 Å². The summed E-state index contributed by atoms with van der Waals surface area (Å²) in [6.45, 7) is 6.93. The Balaban J connectivity index is 2.50. The highest BCUT2D eigenvalue weighted by Gasteiger charge is 2.25. The molecule has 1 radical (unpaired) electrons. The molecule has 0 spiro atoms. The fraction of sp³-hybridized carbons (Fsp3) is 0.889. The van der Waals surface area contributed by atoms with Gasteiger partial charge in [0.25, 0.3) is 0 Å². The molecule has 13 heavy (non-hydrogen) atoms. The molecule has 0 N–H and O–H groups in total. The van der Waals surface area contributed by atoms with Gasteiger partial charge in [0.2, 0.25) is 10.0 Å². The first-order valence-electron chi connectivity index (χ1n) is 4.87. The zero-order valence-electron chi connectivity index (χ0n) is 8.20. The second-order valence-electron chi connectivity index (χ2n) is 3.53. The first-order chi connectivity index (χ1) is 6.10. The van der Waals surface area contributed by atoms with Crippen LogP contribution in [0.1, 0.15) is 26.2 Å². The summed E-state index contributed by atoms with van der Waals surface area (Å²) in [6.07, 6.45) is 2.88. The summed E-state index contributed by atoms with van der Waals surface area (Å²) >= 11 is 0. The maximum atomic E-state index is 11.5. The number of piperidine rings is 1. The molecule has 4 heteroatoms. The Kier molecular flexibility index (Phi) is 3.74. The van der Waals surface area contributed by atoms with Gasteiger partial charge in [-0.2, -0.15) is 0 Å². The lowest BCUT2D eigenvalue weighted by molar-refractivity contribution is 0.275. The average Bonchev–Trinajstić information content (AvgIpc) is 2.18. The molecule has 1 rings (SSSR count). The molecule has 0 aromatic heterocycles. The lowest BCUT2D eigenvalue weighted by atomic mass is 9.96. The van der Waals surface area contributed by atoms with Crippen LogP contribution in [-0.2, 0) is 10.0 Å². The van der Waals surface area contributed by atoms with Crippen LogP contribution in [0.25, 0.3) is 0 Å². The standard InChI is InChI=1S/C9H18NO2S/c1-3-9-5-7-10(8-6-9)13(11,12)4-2/h9H,1,3-8H2,2H3. The van der Waals surface area contributed by atoms with E-state index in [0.29, 0.717) is 19.0 Å². The fourth-order valence-electron chi connectivity index (χ4n) is 1.66.